The summed E-state index contributed by atoms with van der Waals surface area (Å²) in [6.45, 7) is 2.72. The van der Waals surface area contributed by atoms with Crippen LogP contribution in [0.3, 0.4) is 0 Å². The van der Waals surface area contributed by atoms with Crippen LogP contribution in [0, 0.1) is 0 Å². The number of hydrogen-bond acceptors (Lipinski definition) is 4. The number of piperidine rings is 2. The Kier molecular flexibility index (Phi) is 5.35. The van der Waals surface area contributed by atoms with Crippen LogP contribution >= 0.6 is 0 Å². The molecule has 0 bridgehead atoms. The summed E-state index contributed by atoms with van der Waals surface area (Å²) in [5.41, 5.74) is 7.60. The molecule has 1 atom stereocenters. The predicted octanol–water partition coefficient (Wildman–Crippen LogP) is 1.86. The molecule has 1 aromatic carbocycles. The highest BCUT2D eigenvalue weighted by Gasteiger charge is 2.22. The van der Waals surface area contributed by atoms with E-state index >= 15 is 0 Å². The minimum Gasteiger partial charge on any atom is -0.371 e. The Morgan fingerprint density at radius 1 is 1.12 bits per heavy atom. The third-order valence-corrected chi connectivity index (χ3v) is 4.85. The maximum absolute atomic E-state index is 12.4. The number of nitrogens with zero attached hydrogens (tertiary/aromatic N) is 1. The van der Waals surface area contributed by atoms with Crippen LogP contribution < -0.4 is 21.3 Å². The highest BCUT2D eigenvalue weighted by molar-refractivity contribution is 6.01. The monoisotopic (exact) mass is 330 g/mol. The first-order chi connectivity index (χ1) is 11.6. The number of hydrogen-bond donors (Lipinski definition) is 3. The molecule has 0 radical (unpaired) electrons. The van der Waals surface area contributed by atoms with E-state index in [4.69, 9.17) is 5.73 Å². The first kappa shape index (κ1) is 16.8. The van der Waals surface area contributed by atoms with E-state index in [0.29, 0.717) is 5.56 Å². The first-order valence-electron chi connectivity index (χ1n) is 8.88. The molecule has 24 heavy (non-hydrogen) atoms. The zero-order valence-corrected chi connectivity index (χ0v) is 14.0. The number of nitrogens with two attached hydrogens (primary N) is 1. The predicted molar refractivity (Wildman–Crippen MR) is 95.3 cm³/mol. The molecule has 0 saturated carbocycles. The lowest BCUT2D eigenvalue weighted by Gasteiger charge is -2.30. The number of carbonyl (C=O) groups excluding carboxylic acids is 2. The van der Waals surface area contributed by atoms with Crippen molar-refractivity contribution >= 4 is 23.2 Å². The van der Waals surface area contributed by atoms with Crippen molar-refractivity contribution < 1.29 is 9.59 Å². The lowest BCUT2D eigenvalue weighted by Crippen LogP contribution is -2.43. The molecule has 2 saturated heterocycles. The SMILES string of the molecule is NC(=O)c1ccc(NC(=O)[C@H]2CCCCN2)cc1N1CCCCC1. The molecule has 1 aromatic rings. The second-order valence-corrected chi connectivity index (χ2v) is 6.64. The third-order valence-electron chi connectivity index (χ3n) is 4.85. The van der Waals surface area contributed by atoms with E-state index < -0.39 is 5.91 Å². The van der Waals surface area contributed by atoms with Gasteiger partial charge in [-0.2, -0.15) is 0 Å². The van der Waals surface area contributed by atoms with Gasteiger partial charge in [0.25, 0.3) is 5.91 Å². The smallest absolute Gasteiger partial charge is 0.250 e. The van der Waals surface area contributed by atoms with Crippen molar-refractivity contribution in [2.75, 3.05) is 29.9 Å². The van der Waals surface area contributed by atoms with Crippen molar-refractivity contribution in [3.63, 3.8) is 0 Å². The number of rotatable bonds is 4. The number of primary amides is 1. The summed E-state index contributed by atoms with van der Waals surface area (Å²) in [7, 11) is 0. The van der Waals surface area contributed by atoms with Crippen molar-refractivity contribution in [1.82, 2.24) is 5.32 Å². The molecule has 2 amide bonds. The fourth-order valence-corrected chi connectivity index (χ4v) is 3.52. The summed E-state index contributed by atoms with van der Waals surface area (Å²) in [6.07, 6.45) is 6.50. The van der Waals surface area contributed by atoms with E-state index in [1.807, 2.05) is 6.07 Å². The van der Waals surface area contributed by atoms with Gasteiger partial charge in [0.05, 0.1) is 17.3 Å². The van der Waals surface area contributed by atoms with Crippen LogP contribution in [0.15, 0.2) is 18.2 Å². The van der Waals surface area contributed by atoms with E-state index in [9.17, 15) is 9.59 Å². The molecule has 6 nitrogen and oxygen atoms in total. The van der Waals surface area contributed by atoms with Crippen molar-refractivity contribution in [2.45, 2.75) is 44.6 Å². The van der Waals surface area contributed by atoms with Crippen LogP contribution in [0.5, 0.6) is 0 Å². The fraction of sp³-hybridized carbons (Fsp3) is 0.556. The lowest BCUT2D eigenvalue weighted by atomic mass is 10.0. The van der Waals surface area contributed by atoms with Crippen molar-refractivity contribution in [1.29, 1.82) is 0 Å². The zero-order chi connectivity index (χ0) is 16.9. The fourth-order valence-electron chi connectivity index (χ4n) is 3.52. The first-order valence-corrected chi connectivity index (χ1v) is 8.88. The van der Waals surface area contributed by atoms with Crippen LogP contribution in [0.25, 0.3) is 0 Å². The van der Waals surface area contributed by atoms with Gasteiger partial charge in [0.2, 0.25) is 5.91 Å². The molecule has 0 unspecified atom stereocenters. The average molecular weight is 330 g/mol. The third kappa shape index (κ3) is 3.87. The standard InChI is InChI=1S/C18H26N4O2/c19-17(23)14-8-7-13(12-16(14)22-10-4-1-5-11-22)21-18(24)15-6-2-3-9-20-15/h7-8,12,15,20H,1-6,9-11H2,(H2,19,23)(H,21,24)/t15-/m1/s1. The molecule has 3 rings (SSSR count). The molecule has 2 fully saturated rings. The Morgan fingerprint density at radius 3 is 2.58 bits per heavy atom. The van der Waals surface area contributed by atoms with Gasteiger partial charge in [-0.05, 0) is 56.8 Å². The summed E-state index contributed by atoms with van der Waals surface area (Å²) in [5.74, 6) is -0.437. The highest BCUT2D eigenvalue weighted by atomic mass is 16.2. The van der Waals surface area contributed by atoms with E-state index in [0.717, 1.165) is 63.1 Å². The second kappa shape index (κ2) is 7.66. The number of benzene rings is 1. The van der Waals surface area contributed by atoms with Gasteiger partial charge in [-0.25, -0.2) is 0 Å². The minimum absolute atomic E-state index is 0.00822. The summed E-state index contributed by atoms with van der Waals surface area (Å²) >= 11 is 0. The molecule has 2 aliphatic rings. The van der Waals surface area contributed by atoms with Crippen LogP contribution in [0.2, 0.25) is 0 Å². The van der Waals surface area contributed by atoms with Crippen molar-refractivity contribution in [3.05, 3.63) is 23.8 Å². The maximum Gasteiger partial charge on any atom is 0.250 e. The number of carbonyl (C=O) groups is 2. The zero-order valence-electron chi connectivity index (χ0n) is 14.0. The van der Waals surface area contributed by atoms with Crippen molar-refractivity contribution in [3.8, 4) is 0 Å². The van der Waals surface area contributed by atoms with Gasteiger partial charge in [-0.15, -0.1) is 0 Å². The Balaban J connectivity index is 1.78. The molecular weight excluding hydrogens is 304 g/mol. The molecule has 6 heteroatoms. The van der Waals surface area contributed by atoms with Crippen LogP contribution in [-0.2, 0) is 4.79 Å². The van der Waals surface area contributed by atoms with E-state index in [1.54, 1.807) is 12.1 Å². The number of anilines is 2. The van der Waals surface area contributed by atoms with Crippen molar-refractivity contribution in [2.24, 2.45) is 5.73 Å². The van der Waals surface area contributed by atoms with Gasteiger partial charge in [-0.1, -0.05) is 6.42 Å². The topological polar surface area (TPSA) is 87.5 Å². The second-order valence-electron chi connectivity index (χ2n) is 6.64. The molecule has 2 aliphatic heterocycles. The van der Waals surface area contributed by atoms with Gasteiger partial charge in [-0.3, -0.25) is 9.59 Å². The molecule has 0 aromatic heterocycles. The van der Waals surface area contributed by atoms with Gasteiger partial charge in [0.15, 0.2) is 0 Å². The Morgan fingerprint density at radius 2 is 1.92 bits per heavy atom. The van der Waals surface area contributed by atoms with E-state index in [2.05, 4.69) is 15.5 Å². The van der Waals surface area contributed by atoms with Crippen LogP contribution in [0.4, 0.5) is 11.4 Å². The molecule has 130 valence electrons. The van der Waals surface area contributed by atoms with Crippen LogP contribution in [-0.4, -0.2) is 37.5 Å². The largest absolute Gasteiger partial charge is 0.371 e. The summed E-state index contributed by atoms with van der Waals surface area (Å²) in [5, 5.41) is 6.23. The van der Waals surface area contributed by atoms with E-state index in [1.165, 1.54) is 6.42 Å². The lowest BCUT2D eigenvalue weighted by molar-refractivity contribution is -0.118. The molecule has 2 heterocycles. The Labute approximate surface area is 142 Å². The molecule has 0 aliphatic carbocycles. The highest BCUT2D eigenvalue weighted by Crippen LogP contribution is 2.27. The molecule has 0 spiro atoms. The normalized spacial score (nSPS) is 21.3. The van der Waals surface area contributed by atoms with Gasteiger partial charge >= 0.3 is 0 Å². The maximum atomic E-state index is 12.4. The summed E-state index contributed by atoms with van der Waals surface area (Å²) < 4.78 is 0. The van der Waals surface area contributed by atoms with Gasteiger partial charge in [0.1, 0.15) is 0 Å². The molecular formula is C18H26N4O2. The quantitative estimate of drug-likeness (QED) is 0.786. The Bertz CT molecular complexity index is 605. The summed E-state index contributed by atoms with van der Waals surface area (Å²) in [6, 6.07) is 5.23. The van der Waals surface area contributed by atoms with Crippen LogP contribution in [0.1, 0.15) is 48.9 Å². The Hall–Kier alpha value is -2.08. The molecule has 4 N–H and O–H groups in total. The average Bonchev–Trinajstić information content (AvgIpc) is 2.63. The minimum atomic E-state index is -0.428. The van der Waals surface area contributed by atoms with Gasteiger partial charge < -0.3 is 21.3 Å². The number of nitrogens with one attached hydrogen (secondary N) is 2. The number of amides is 2. The van der Waals surface area contributed by atoms with Gasteiger partial charge in [0, 0.05) is 18.8 Å². The summed E-state index contributed by atoms with van der Waals surface area (Å²) in [4.78, 5) is 26.3. The van der Waals surface area contributed by atoms with E-state index in [-0.39, 0.29) is 11.9 Å².